The van der Waals surface area contributed by atoms with Crippen LogP contribution in [0.5, 0.6) is 0 Å². The molecule has 0 aliphatic carbocycles. The highest BCUT2D eigenvalue weighted by atomic mass is 79.9. The van der Waals surface area contributed by atoms with Crippen LogP contribution in [0.15, 0.2) is 22.8 Å². The third kappa shape index (κ3) is 1.92. The molecule has 5 heteroatoms. The van der Waals surface area contributed by atoms with E-state index in [2.05, 4.69) is 20.9 Å². The summed E-state index contributed by atoms with van der Waals surface area (Å²) in [6, 6.07) is 3.81. The summed E-state index contributed by atoms with van der Waals surface area (Å²) in [5, 5.41) is 0. The van der Waals surface area contributed by atoms with Crippen LogP contribution in [0.25, 0.3) is 0 Å². The van der Waals surface area contributed by atoms with Crippen LogP contribution in [-0.4, -0.2) is 23.3 Å². The third-order valence-corrected chi connectivity index (χ3v) is 3.93. The van der Waals surface area contributed by atoms with Crippen LogP contribution in [0.2, 0.25) is 0 Å². The van der Waals surface area contributed by atoms with Crippen molar-refractivity contribution in [3.05, 3.63) is 22.8 Å². The molecule has 2 rings (SSSR count). The molecule has 1 aliphatic rings. The van der Waals surface area contributed by atoms with Crippen LogP contribution in [-0.2, 0) is 9.31 Å². The molecule has 1 aliphatic heterocycles. The van der Waals surface area contributed by atoms with E-state index in [-0.39, 0.29) is 11.2 Å². The first kappa shape index (κ1) is 12.1. The molecule has 1 aromatic rings. The summed E-state index contributed by atoms with van der Waals surface area (Å²) in [5.41, 5.74) is 0.143. The van der Waals surface area contributed by atoms with E-state index < -0.39 is 7.12 Å². The molecule has 0 unspecified atom stereocenters. The first-order valence-electron chi connectivity index (χ1n) is 5.29. The first-order chi connectivity index (χ1) is 7.33. The average Bonchev–Trinajstić information content (AvgIpc) is 2.36. The van der Waals surface area contributed by atoms with Crippen LogP contribution >= 0.6 is 15.9 Å². The SMILES string of the molecule is CC1(C)OB(c2ncccc2Br)OC1(C)C. The number of hydrogen-bond donors (Lipinski definition) is 0. The summed E-state index contributed by atoms with van der Waals surface area (Å²) in [6.07, 6.45) is 1.74. The summed E-state index contributed by atoms with van der Waals surface area (Å²) < 4.78 is 12.7. The zero-order valence-corrected chi connectivity index (χ0v) is 11.5. The maximum atomic E-state index is 5.92. The van der Waals surface area contributed by atoms with Gasteiger partial charge in [-0.15, -0.1) is 0 Å². The molecule has 2 heterocycles. The highest BCUT2D eigenvalue weighted by Crippen LogP contribution is 2.36. The fourth-order valence-corrected chi connectivity index (χ4v) is 1.97. The third-order valence-electron chi connectivity index (χ3n) is 3.26. The van der Waals surface area contributed by atoms with Crippen molar-refractivity contribution in [3.8, 4) is 0 Å². The molecule has 0 N–H and O–H groups in total. The Morgan fingerprint density at radius 2 is 1.75 bits per heavy atom. The van der Waals surface area contributed by atoms with E-state index in [9.17, 15) is 0 Å². The van der Waals surface area contributed by atoms with Gasteiger partial charge in [0.1, 0.15) is 0 Å². The molecule has 86 valence electrons. The van der Waals surface area contributed by atoms with Crippen molar-refractivity contribution in [2.75, 3.05) is 0 Å². The lowest BCUT2D eigenvalue weighted by Gasteiger charge is -2.32. The van der Waals surface area contributed by atoms with Crippen molar-refractivity contribution in [2.45, 2.75) is 38.9 Å². The van der Waals surface area contributed by atoms with Crippen molar-refractivity contribution in [2.24, 2.45) is 0 Å². The van der Waals surface area contributed by atoms with Gasteiger partial charge in [0, 0.05) is 10.7 Å². The van der Waals surface area contributed by atoms with Crippen molar-refractivity contribution >= 4 is 28.6 Å². The topological polar surface area (TPSA) is 31.4 Å². The predicted octanol–water partition coefficient (Wildman–Crippen LogP) is 2.14. The van der Waals surface area contributed by atoms with Gasteiger partial charge in [0.2, 0.25) is 0 Å². The maximum Gasteiger partial charge on any atom is 0.515 e. The minimum absolute atomic E-state index is 0.325. The van der Waals surface area contributed by atoms with Crippen LogP contribution in [0.1, 0.15) is 27.7 Å². The Morgan fingerprint density at radius 1 is 1.19 bits per heavy atom. The molecule has 0 spiro atoms. The fourth-order valence-electron chi connectivity index (χ4n) is 1.53. The normalized spacial score (nSPS) is 22.4. The molecular formula is C11H15BBrNO2. The summed E-state index contributed by atoms with van der Waals surface area (Å²) in [6.45, 7) is 8.13. The molecule has 0 saturated carbocycles. The fraction of sp³-hybridized carbons (Fsp3) is 0.545. The van der Waals surface area contributed by atoms with Crippen molar-refractivity contribution in [1.29, 1.82) is 0 Å². The van der Waals surface area contributed by atoms with Gasteiger partial charge in [-0.05, 0) is 55.8 Å². The number of rotatable bonds is 1. The van der Waals surface area contributed by atoms with Crippen LogP contribution in [0.3, 0.4) is 0 Å². The number of pyridine rings is 1. The number of hydrogen-bond acceptors (Lipinski definition) is 3. The Labute approximate surface area is 105 Å². The lowest BCUT2D eigenvalue weighted by Crippen LogP contribution is -2.41. The Morgan fingerprint density at radius 3 is 2.25 bits per heavy atom. The van der Waals surface area contributed by atoms with Gasteiger partial charge in [0.05, 0.1) is 16.8 Å². The van der Waals surface area contributed by atoms with Gasteiger partial charge in [-0.3, -0.25) is 4.98 Å². The van der Waals surface area contributed by atoms with E-state index in [0.29, 0.717) is 0 Å². The highest BCUT2D eigenvalue weighted by molar-refractivity contribution is 9.10. The Hall–Kier alpha value is -0.385. The monoisotopic (exact) mass is 283 g/mol. The van der Waals surface area contributed by atoms with E-state index in [1.165, 1.54) is 0 Å². The van der Waals surface area contributed by atoms with Gasteiger partial charge in [-0.2, -0.15) is 0 Å². The lowest BCUT2D eigenvalue weighted by atomic mass is 9.84. The molecular weight excluding hydrogens is 269 g/mol. The van der Waals surface area contributed by atoms with E-state index >= 15 is 0 Å². The zero-order chi connectivity index (χ0) is 12.0. The summed E-state index contributed by atoms with van der Waals surface area (Å²) in [5.74, 6) is 0. The molecule has 0 aromatic carbocycles. The molecule has 16 heavy (non-hydrogen) atoms. The van der Waals surface area contributed by atoms with E-state index in [0.717, 1.165) is 10.1 Å². The average molecular weight is 284 g/mol. The van der Waals surface area contributed by atoms with Gasteiger partial charge in [-0.1, -0.05) is 0 Å². The predicted molar refractivity (Wildman–Crippen MR) is 67.7 cm³/mol. The second-order valence-electron chi connectivity index (χ2n) is 4.96. The molecule has 0 amide bonds. The minimum atomic E-state index is -0.402. The minimum Gasteiger partial charge on any atom is -0.398 e. The Bertz CT molecular complexity index is 393. The van der Waals surface area contributed by atoms with Gasteiger partial charge >= 0.3 is 7.12 Å². The highest BCUT2D eigenvalue weighted by Gasteiger charge is 2.52. The maximum absolute atomic E-state index is 5.92. The van der Waals surface area contributed by atoms with E-state index in [1.54, 1.807) is 6.20 Å². The van der Waals surface area contributed by atoms with Crippen LogP contribution in [0.4, 0.5) is 0 Å². The van der Waals surface area contributed by atoms with Crippen molar-refractivity contribution < 1.29 is 9.31 Å². The zero-order valence-electron chi connectivity index (χ0n) is 9.95. The lowest BCUT2D eigenvalue weighted by molar-refractivity contribution is 0.00578. The standard InChI is InChI=1S/C11H15BBrNO2/c1-10(2)11(3,4)16-12(15-10)9-8(13)6-5-7-14-9/h5-7H,1-4H3. The van der Waals surface area contributed by atoms with Crippen LogP contribution < -0.4 is 5.59 Å². The smallest absolute Gasteiger partial charge is 0.398 e. The summed E-state index contributed by atoms with van der Waals surface area (Å²) in [7, 11) is -0.402. The van der Waals surface area contributed by atoms with Gasteiger partial charge in [0.25, 0.3) is 0 Å². The van der Waals surface area contributed by atoms with Crippen molar-refractivity contribution in [1.82, 2.24) is 4.98 Å². The number of nitrogens with zero attached hydrogens (tertiary/aromatic N) is 1. The van der Waals surface area contributed by atoms with Gasteiger partial charge < -0.3 is 9.31 Å². The Kier molecular flexibility index (Phi) is 2.89. The van der Waals surface area contributed by atoms with Gasteiger partial charge in [0.15, 0.2) is 0 Å². The quantitative estimate of drug-likeness (QED) is 0.740. The largest absolute Gasteiger partial charge is 0.515 e. The summed E-state index contributed by atoms with van der Waals surface area (Å²) in [4.78, 5) is 4.29. The van der Waals surface area contributed by atoms with E-state index in [4.69, 9.17) is 9.31 Å². The number of halogens is 1. The molecule has 1 aromatic heterocycles. The van der Waals surface area contributed by atoms with E-state index in [1.807, 2.05) is 39.8 Å². The van der Waals surface area contributed by atoms with Crippen molar-refractivity contribution in [3.63, 3.8) is 0 Å². The molecule has 3 nitrogen and oxygen atoms in total. The second-order valence-corrected chi connectivity index (χ2v) is 5.81. The number of aromatic nitrogens is 1. The van der Waals surface area contributed by atoms with Crippen LogP contribution in [0, 0.1) is 0 Å². The molecule has 0 atom stereocenters. The molecule has 0 radical (unpaired) electrons. The molecule has 1 saturated heterocycles. The van der Waals surface area contributed by atoms with Gasteiger partial charge in [-0.25, -0.2) is 0 Å². The Balaban J connectivity index is 2.31. The second kappa shape index (κ2) is 3.82. The molecule has 0 bridgehead atoms. The molecule has 1 fully saturated rings. The summed E-state index contributed by atoms with van der Waals surface area (Å²) >= 11 is 3.46. The first-order valence-corrected chi connectivity index (χ1v) is 6.09.